The van der Waals surface area contributed by atoms with Gasteiger partial charge in [-0.05, 0) is 37.1 Å². The number of methoxy groups -OCH3 is 1. The van der Waals surface area contributed by atoms with Gasteiger partial charge in [0.2, 0.25) is 5.88 Å². The number of pyridine rings is 1. The summed E-state index contributed by atoms with van der Waals surface area (Å²) in [5.74, 6) is 0.267. The lowest BCUT2D eigenvalue weighted by atomic mass is 10.1. The van der Waals surface area contributed by atoms with Gasteiger partial charge in [0.15, 0.2) is 5.69 Å². The first-order valence-corrected chi connectivity index (χ1v) is 8.48. The molecule has 0 radical (unpaired) electrons. The van der Waals surface area contributed by atoms with Gasteiger partial charge < -0.3 is 14.8 Å². The molecule has 1 saturated heterocycles. The van der Waals surface area contributed by atoms with Crippen molar-refractivity contribution in [2.24, 2.45) is 0 Å². The van der Waals surface area contributed by atoms with Gasteiger partial charge in [-0.1, -0.05) is 5.21 Å². The van der Waals surface area contributed by atoms with Crippen LogP contribution in [0.15, 0.2) is 36.5 Å². The number of anilines is 1. The number of amides is 1. The maximum Gasteiger partial charge on any atom is 0.277 e. The summed E-state index contributed by atoms with van der Waals surface area (Å²) in [5.41, 5.74) is 1.77. The average molecular weight is 353 g/mol. The van der Waals surface area contributed by atoms with Gasteiger partial charge in [-0.15, -0.1) is 5.10 Å². The molecule has 1 amide bonds. The highest BCUT2D eigenvalue weighted by molar-refractivity contribution is 6.03. The fraction of sp³-hybridized carbons (Fsp3) is 0.333. The first-order chi connectivity index (χ1) is 12.7. The molecule has 4 rings (SSSR count). The predicted octanol–water partition coefficient (Wildman–Crippen LogP) is 2.44. The molecular weight excluding hydrogens is 334 g/mol. The highest BCUT2D eigenvalue weighted by Gasteiger charge is 2.19. The van der Waals surface area contributed by atoms with Crippen LogP contribution >= 0.6 is 0 Å². The van der Waals surface area contributed by atoms with Crippen LogP contribution in [0.3, 0.4) is 0 Å². The first kappa shape index (κ1) is 16.5. The fourth-order valence-electron chi connectivity index (χ4n) is 3.00. The van der Waals surface area contributed by atoms with Crippen LogP contribution in [-0.4, -0.2) is 46.2 Å². The van der Waals surface area contributed by atoms with Crippen molar-refractivity contribution in [3.05, 3.63) is 42.2 Å². The molecule has 0 bridgehead atoms. The van der Waals surface area contributed by atoms with E-state index >= 15 is 0 Å². The Morgan fingerprint density at radius 2 is 2.12 bits per heavy atom. The molecule has 3 aromatic rings. The Hall–Kier alpha value is -3.00. The third-order valence-electron chi connectivity index (χ3n) is 4.44. The molecule has 3 heterocycles. The maximum absolute atomic E-state index is 12.5. The highest BCUT2D eigenvalue weighted by atomic mass is 16.5. The molecule has 26 heavy (non-hydrogen) atoms. The summed E-state index contributed by atoms with van der Waals surface area (Å²) < 4.78 is 12.2. The summed E-state index contributed by atoms with van der Waals surface area (Å²) in [4.78, 5) is 16.8. The summed E-state index contributed by atoms with van der Waals surface area (Å²) >= 11 is 0. The van der Waals surface area contributed by atoms with Gasteiger partial charge in [0.25, 0.3) is 5.91 Å². The largest absolute Gasteiger partial charge is 0.481 e. The third kappa shape index (κ3) is 3.36. The van der Waals surface area contributed by atoms with E-state index < -0.39 is 0 Å². The lowest BCUT2D eigenvalue weighted by Gasteiger charge is -2.21. The van der Waals surface area contributed by atoms with E-state index in [1.165, 1.54) is 0 Å². The van der Waals surface area contributed by atoms with Gasteiger partial charge in [-0.25, -0.2) is 9.67 Å². The Labute approximate surface area is 150 Å². The van der Waals surface area contributed by atoms with Crippen molar-refractivity contribution in [3.8, 4) is 5.88 Å². The van der Waals surface area contributed by atoms with Crippen molar-refractivity contribution in [2.75, 3.05) is 25.6 Å². The van der Waals surface area contributed by atoms with Crippen LogP contribution in [0.2, 0.25) is 0 Å². The molecule has 1 aliphatic heterocycles. The molecule has 0 spiro atoms. The minimum absolute atomic E-state index is 0.236. The molecule has 0 atom stereocenters. The fourth-order valence-corrected chi connectivity index (χ4v) is 3.00. The highest BCUT2D eigenvalue weighted by Crippen LogP contribution is 2.22. The van der Waals surface area contributed by atoms with Crippen molar-refractivity contribution < 1.29 is 14.3 Å². The minimum atomic E-state index is -0.288. The van der Waals surface area contributed by atoms with Gasteiger partial charge in [0.05, 0.1) is 24.9 Å². The molecule has 8 nitrogen and oxygen atoms in total. The van der Waals surface area contributed by atoms with E-state index in [0.717, 1.165) is 23.7 Å². The van der Waals surface area contributed by atoms with Gasteiger partial charge in [-0.2, -0.15) is 0 Å². The van der Waals surface area contributed by atoms with E-state index in [1.807, 2.05) is 18.2 Å². The summed E-state index contributed by atoms with van der Waals surface area (Å²) in [7, 11) is 1.58. The summed E-state index contributed by atoms with van der Waals surface area (Å²) in [6.07, 6.45) is 3.45. The summed E-state index contributed by atoms with van der Waals surface area (Å²) in [6.45, 7) is 1.42. The molecule has 1 fully saturated rings. The van der Waals surface area contributed by atoms with Gasteiger partial charge >= 0.3 is 0 Å². The van der Waals surface area contributed by atoms with Gasteiger partial charge in [0.1, 0.15) is 0 Å². The number of aromatic nitrogens is 4. The van der Waals surface area contributed by atoms with Crippen LogP contribution in [0, 0.1) is 0 Å². The van der Waals surface area contributed by atoms with Crippen molar-refractivity contribution in [3.63, 3.8) is 0 Å². The number of nitrogens with one attached hydrogen (secondary N) is 1. The second kappa shape index (κ2) is 7.09. The molecule has 0 saturated carbocycles. The lowest BCUT2D eigenvalue weighted by molar-refractivity contribution is 0.0657. The van der Waals surface area contributed by atoms with Gasteiger partial charge in [-0.3, -0.25) is 4.79 Å². The topological polar surface area (TPSA) is 91.2 Å². The molecule has 134 valence electrons. The quantitative estimate of drug-likeness (QED) is 0.775. The van der Waals surface area contributed by atoms with Crippen molar-refractivity contribution in [1.29, 1.82) is 0 Å². The van der Waals surface area contributed by atoms with Crippen LogP contribution in [-0.2, 0) is 4.74 Å². The summed E-state index contributed by atoms with van der Waals surface area (Å²) in [6, 6.07) is 9.43. The number of nitrogens with zero attached hydrogens (tertiary/aromatic N) is 4. The van der Waals surface area contributed by atoms with E-state index in [2.05, 4.69) is 20.6 Å². The monoisotopic (exact) mass is 353 g/mol. The van der Waals surface area contributed by atoms with E-state index in [4.69, 9.17) is 9.47 Å². The van der Waals surface area contributed by atoms with Crippen LogP contribution in [0.4, 0.5) is 5.69 Å². The predicted molar refractivity (Wildman–Crippen MR) is 95.4 cm³/mol. The van der Waals surface area contributed by atoms with E-state index in [9.17, 15) is 4.79 Å². The van der Waals surface area contributed by atoms with Crippen LogP contribution < -0.4 is 10.1 Å². The molecule has 1 aliphatic rings. The Morgan fingerprint density at radius 3 is 2.92 bits per heavy atom. The molecule has 8 heteroatoms. The molecule has 0 aliphatic carbocycles. The number of fused-ring (bicyclic) bond motifs is 1. The Bertz CT molecular complexity index is 933. The van der Waals surface area contributed by atoms with E-state index in [1.54, 1.807) is 30.1 Å². The van der Waals surface area contributed by atoms with Crippen LogP contribution in [0.5, 0.6) is 5.88 Å². The number of hydrogen-bond acceptors (Lipinski definition) is 6. The molecule has 0 unspecified atom stereocenters. The average Bonchev–Trinajstić information content (AvgIpc) is 3.18. The summed E-state index contributed by atoms with van der Waals surface area (Å²) in [5, 5.41) is 11.9. The maximum atomic E-state index is 12.5. The number of benzene rings is 1. The molecule has 1 aromatic carbocycles. The van der Waals surface area contributed by atoms with Crippen molar-refractivity contribution in [2.45, 2.75) is 18.9 Å². The zero-order valence-corrected chi connectivity index (χ0v) is 14.4. The Kier molecular flexibility index (Phi) is 4.49. The second-order valence-electron chi connectivity index (χ2n) is 6.14. The Morgan fingerprint density at radius 1 is 1.27 bits per heavy atom. The number of carbonyl (C=O) groups is 1. The molecular formula is C18H19N5O3. The normalized spacial score (nSPS) is 15.1. The Balaban J connectivity index is 1.49. The number of hydrogen-bond donors (Lipinski definition) is 1. The van der Waals surface area contributed by atoms with Gasteiger partial charge in [0, 0.05) is 30.4 Å². The SMILES string of the molecule is COc1ccc2cc(NC(=O)c3cn(C4CCOCC4)nn3)ccc2n1. The molecule has 1 N–H and O–H groups in total. The first-order valence-electron chi connectivity index (χ1n) is 8.48. The zero-order chi connectivity index (χ0) is 17.9. The smallest absolute Gasteiger partial charge is 0.277 e. The standard InChI is InChI=1S/C18H19N5O3/c1-25-17-5-2-12-10-13(3-4-15(12)20-17)19-18(24)16-11-23(22-21-16)14-6-8-26-9-7-14/h2-5,10-11,14H,6-9H2,1H3,(H,19,24). The minimum Gasteiger partial charge on any atom is -0.481 e. The third-order valence-corrected chi connectivity index (χ3v) is 4.44. The van der Waals surface area contributed by atoms with Crippen LogP contribution in [0.1, 0.15) is 29.4 Å². The van der Waals surface area contributed by atoms with Crippen LogP contribution in [0.25, 0.3) is 10.9 Å². The van der Waals surface area contributed by atoms with E-state index in [-0.39, 0.29) is 11.9 Å². The molecule has 2 aromatic heterocycles. The zero-order valence-electron chi connectivity index (χ0n) is 14.4. The second-order valence-corrected chi connectivity index (χ2v) is 6.14. The number of ether oxygens (including phenoxy) is 2. The van der Waals surface area contributed by atoms with E-state index in [0.29, 0.717) is 30.5 Å². The lowest BCUT2D eigenvalue weighted by Crippen LogP contribution is -2.20. The number of carbonyl (C=O) groups excluding carboxylic acids is 1. The number of rotatable bonds is 4. The van der Waals surface area contributed by atoms with Crippen molar-refractivity contribution in [1.82, 2.24) is 20.0 Å². The van der Waals surface area contributed by atoms with Crippen molar-refractivity contribution >= 4 is 22.5 Å².